The number of hydrogen-bond acceptors (Lipinski definition) is 2. The van der Waals surface area contributed by atoms with Crippen LogP contribution in [0.4, 0.5) is 5.69 Å². The minimum Gasteiger partial charge on any atom is -0.383 e. The van der Waals surface area contributed by atoms with Crippen LogP contribution in [0.3, 0.4) is 0 Å². The van der Waals surface area contributed by atoms with E-state index in [1.807, 2.05) is 24.3 Å². The van der Waals surface area contributed by atoms with Gasteiger partial charge >= 0.3 is 0 Å². The van der Waals surface area contributed by atoms with Gasteiger partial charge in [0.1, 0.15) is 0 Å². The van der Waals surface area contributed by atoms with E-state index in [2.05, 4.69) is 17.3 Å². The van der Waals surface area contributed by atoms with Crippen molar-refractivity contribution in [3.8, 4) is 0 Å². The minimum absolute atomic E-state index is 0.681. The molecular weight excluding hydrogens is 208 g/mol. The lowest BCUT2D eigenvalue weighted by Gasteiger charge is -2.20. The molecule has 2 nitrogen and oxygen atoms in total. The van der Waals surface area contributed by atoms with Gasteiger partial charge in [0.2, 0.25) is 0 Å². The molecule has 0 saturated carbocycles. The number of halogens is 1. The zero-order valence-corrected chi connectivity index (χ0v) is 9.80. The summed E-state index contributed by atoms with van der Waals surface area (Å²) < 4.78 is 0. The Morgan fingerprint density at radius 3 is 2.73 bits per heavy atom. The van der Waals surface area contributed by atoms with Crippen molar-refractivity contribution in [3.63, 3.8) is 0 Å². The predicted molar refractivity (Wildman–Crippen MR) is 65.6 cm³/mol. The molecule has 0 bridgehead atoms. The second-order valence-corrected chi connectivity index (χ2v) is 4.60. The van der Waals surface area contributed by atoms with Gasteiger partial charge in [-0.1, -0.05) is 11.6 Å². The SMILES string of the molecule is CN1CCCC1CNc1ccc(Cl)cc1. The first-order valence-electron chi connectivity index (χ1n) is 5.45. The van der Waals surface area contributed by atoms with E-state index >= 15 is 0 Å². The Morgan fingerprint density at radius 1 is 1.40 bits per heavy atom. The van der Waals surface area contributed by atoms with Crippen LogP contribution in [-0.4, -0.2) is 31.1 Å². The number of benzene rings is 1. The second-order valence-electron chi connectivity index (χ2n) is 4.16. The van der Waals surface area contributed by atoms with E-state index in [1.54, 1.807) is 0 Å². The van der Waals surface area contributed by atoms with Crippen molar-refractivity contribution in [2.75, 3.05) is 25.5 Å². The number of nitrogens with zero attached hydrogens (tertiary/aromatic N) is 1. The number of hydrogen-bond donors (Lipinski definition) is 1. The molecule has 1 unspecified atom stereocenters. The van der Waals surface area contributed by atoms with Crippen LogP contribution in [0.2, 0.25) is 5.02 Å². The van der Waals surface area contributed by atoms with Crippen molar-refractivity contribution in [3.05, 3.63) is 29.3 Å². The summed E-state index contributed by atoms with van der Waals surface area (Å²) in [6.45, 7) is 2.26. The Hall–Kier alpha value is -0.730. The lowest BCUT2D eigenvalue weighted by atomic mass is 10.2. The summed E-state index contributed by atoms with van der Waals surface area (Å²) in [5.74, 6) is 0. The van der Waals surface area contributed by atoms with Gasteiger partial charge in [0, 0.05) is 23.3 Å². The third kappa shape index (κ3) is 2.86. The quantitative estimate of drug-likeness (QED) is 0.850. The summed E-state index contributed by atoms with van der Waals surface area (Å²) in [5, 5.41) is 4.23. The van der Waals surface area contributed by atoms with Gasteiger partial charge in [-0.05, 0) is 50.7 Å². The third-order valence-electron chi connectivity index (χ3n) is 3.06. The van der Waals surface area contributed by atoms with Crippen LogP contribution < -0.4 is 5.32 Å². The average Bonchev–Trinajstić information content (AvgIpc) is 2.63. The van der Waals surface area contributed by atoms with E-state index in [1.165, 1.54) is 19.4 Å². The van der Waals surface area contributed by atoms with Gasteiger partial charge in [0.05, 0.1) is 0 Å². The van der Waals surface area contributed by atoms with E-state index < -0.39 is 0 Å². The monoisotopic (exact) mass is 224 g/mol. The first-order valence-corrected chi connectivity index (χ1v) is 5.83. The topological polar surface area (TPSA) is 15.3 Å². The van der Waals surface area contributed by atoms with Crippen LogP contribution >= 0.6 is 11.6 Å². The molecule has 1 aromatic rings. The molecule has 0 aliphatic carbocycles. The summed E-state index contributed by atoms with van der Waals surface area (Å²) in [7, 11) is 2.20. The maximum atomic E-state index is 5.83. The summed E-state index contributed by atoms with van der Waals surface area (Å²) in [4.78, 5) is 2.42. The first kappa shape index (κ1) is 10.8. The molecule has 1 aliphatic heterocycles. The Balaban J connectivity index is 1.85. The number of rotatable bonds is 3. The Kier molecular flexibility index (Phi) is 3.49. The lowest BCUT2D eigenvalue weighted by molar-refractivity contribution is 0.322. The highest BCUT2D eigenvalue weighted by Gasteiger charge is 2.19. The molecule has 82 valence electrons. The van der Waals surface area contributed by atoms with Crippen LogP contribution in [-0.2, 0) is 0 Å². The smallest absolute Gasteiger partial charge is 0.0407 e. The molecule has 0 amide bonds. The highest BCUT2D eigenvalue weighted by Crippen LogP contribution is 2.17. The molecule has 1 fully saturated rings. The van der Waals surface area contributed by atoms with Crippen molar-refractivity contribution >= 4 is 17.3 Å². The molecule has 0 aromatic heterocycles. The summed E-state index contributed by atoms with van der Waals surface area (Å²) in [5.41, 5.74) is 1.15. The fraction of sp³-hybridized carbons (Fsp3) is 0.500. The Morgan fingerprint density at radius 2 is 2.13 bits per heavy atom. The second kappa shape index (κ2) is 4.86. The zero-order chi connectivity index (χ0) is 10.7. The Bertz CT molecular complexity index is 310. The fourth-order valence-electron chi connectivity index (χ4n) is 2.04. The lowest BCUT2D eigenvalue weighted by Crippen LogP contribution is -2.31. The average molecular weight is 225 g/mol. The van der Waals surface area contributed by atoms with Gasteiger partial charge in [-0.15, -0.1) is 0 Å². The van der Waals surface area contributed by atoms with E-state index in [0.717, 1.165) is 17.3 Å². The molecule has 1 atom stereocenters. The number of likely N-dealkylation sites (N-methyl/N-ethyl adjacent to an activating group) is 1. The van der Waals surface area contributed by atoms with Gasteiger partial charge in [0.25, 0.3) is 0 Å². The van der Waals surface area contributed by atoms with Gasteiger partial charge in [-0.25, -0.2) is 0 Å². The van der Waals surface area contributed by atoms with Crippen molar-refractivity contribution in [1.82, 2.24) is 4.90 Å². The molecule has 3 heteroatoms. The maximum absolute atomic E-state index is 5.83. The molecule has 1 aliphatic rings. The van der Waals surface area contributed by atoms with E-state index in [0.29, 0.717) is 6.04 Å². The standard InChI is InChI=1S/C12H17ClN2/c1-15-8-2-3-12(15)9-14-11-6-4-10(13)5-7-11/h4-7,12,14H,2-3,8-9H2,1H3. The molecule has 15 heavy (non-hydrogen) atoms. The molecule has 2 rings (SSSR count). The fourth-order valence-corrected chi connectivity index (χ4v) is 2.17. The van der Waals surface area contributed by atoms with E-state index in [4.69, 9.17) is 11.6 Å². The van der Waals surface area contributed by atoms with Crippen LogP contribution in [0, 0.1) is 0 Å². The largest absolute Gasteiger partial charge is 0.383 e. The minimum atomic E-state index is 0.681. The van der Waals surface area contributed by atoms with Gasteiger partial charge in [-0.3, -0.25) is 0 Å². The van der Waals surface area contributed by atoms with Crippen LogP contribution in [0.25, 0.3) is 0 Å². The number of nitrogens with one attached hydrogen (secondary N) is 1. The predicted octanol–water partition coefficient (Wildman–Crippen LogP) is 2.85. The van der Waals surface area contributed by atoms with Crippen LogP contribution in [0.15, 0.2) is 24.3 Å². The van der Waals surface area contributed by atoms with Crippen molar-refractivity contribution in [2.24, 2.45) is 0 Å². The molecule has 0 spiro atoms. The van der Waals surface area contributed by atoms with Gasteiger partial charge in [0.15, 0.2) is 0 Å². The number of anilines is 1. The molecule has 1 saturated heterocycles. The molecule has 1 aromatic carbocycles. The molecular formula is C12H17ClN2. The summed E-state index contributed by atoms with van der Waals surface area (Å²) in [6, 6.07) is 8.57. The molecule has 1 N–H and O–H groups in total. The van der Waals surface area contributed by atoms with Crippen molar-refractivity contribution in [1.29, 1.82) is 0 Å². The normalized spacial score (nSPS) is 21.9. The third-order valence-corrected chi connectivity index (χ3v) is 3.31. The summed E-state index contributed by atoms with van der Waals surface area (Å²) >= 11 is 5.83. The van der Waals surface area contributed by atoms with Crippen molar-refractivity contribution < 1.29 is 0 Å². The first-order chi connectivity index (χ1) is 7.25. The molecule has 1 heterocycles. The zero-order valence-electron chi connectivity index (χ0n) is 9.04. The highest BCUT2D eigenvalue weighted by atomic mass is 35.5. The van der Waals surface area contributed by atoms with E-state index in [-0.39, 0.29) is 0 Å². The molecule has 0 radical (unpaired) electrons. The summed E-state index contributed by atoms with van der Waals surface area (Å²) in [6.07, 6.45) is 2.63. The van der Waals surface area contributed by atoms with Crippen molar-refractivity contribution in [2.45, 2.75) is 18.9 Å². The highest BCUT2D eigenvalue weighted by molar-refractivity contribution is 6.30. The Labute approximate surface area is 96.2 Å². The van der Waals surface area contributed by atoms with Gasteiger partial charge in [-0.2, -0.15) is 0 Å². The van der Waals surface area contributed by atoms with E-state index in [9.17, 15) is 0 Å². The number of likely N-dealkylation sites (tertiary alicyclic amines) is 1. The van der Waals surface area contributed by atoms with Gasteiger partial charge < -0.3 is 10.2 Å². The van der Waals surface area contributed by atoms with Crippen LogP contribution in [0.1, 0.15) is 12.8 Å². The maximum Gasteiger partial charge on any atom is 0.0407 e. The van der Waals surface area contributed by atoms with Crippen LogP contribution in [0.5, 0.6) is 0 Å².